The first-order valence-electron chi connectivity index (χ1n) is 7.39. The smallest absolute Gasteiger partial charge is 0.317 e. The zero-order valence-corrected chi connectivity index (χ0v) is 16.8. The van der Waals surface area contributed by atoms with Crippen molar-refractivity contribution in [3.05, 3.63) is 0 Å². The number of hydrogen-bond donors (Lipinski definition) is 6. The van der Waals surface area contributed by atoms with Gasteiger partial charge in [-0.15, -0.1) is 0 Å². The number of rotatable bonds is 11. The highest BCUT2D eigenvalue weighted by atomic mass is 32.2. The molecule has 0 aromatic heterocycles. The maximum atomic E-state index is 10.3. The first kappa shape index (κ1) is 31.4. The van der Waals surface area contributed by atoms with Crippen LogP contribution in [0, 0.1) is 0 Å². The Kier molecular flexibility index (Phi) is 16.8. The Morgan fingerprint density at radius 1 is 0.690 bits per heavy atom. The molecule has 0 saturated heterocycles. The molecule has 0 heterocycles. The highest BCUT2D eigenvalue weighted by Crippen LogP contribution is 1.94. The van der Waals surface area contributed by atoms with Crippen LogP contribution in [0.4, 0.5) is 0 Å². The van der Waals surface area contributed by atoms with Crippen molar-refractivity contribution in [2.75, 3.05) is 24.7 Å². The number of carboxylic acids is 4. The molecule has 15 nitrogen and oxygen atoms in total. The second-order valence-electron chi connectivity index (χ2n) is 5.00. The molecule has 0 saturated carbocycles. The minimum atomic E-state index is -4.42. The summed E-state index contributed by atoms with van der Waals surface area (Å²) in [6.07, 6.45) is 0.0866. The van der Waals surface area contributed by atoms with Gasteiger partial charge in [-0.1, -0.05) is 0 Å². The molecule has 0 rings (SSSR count). The SMILES string of the molecule is CCS(=O)(=O)O.O=C(O)CCCC(=O)O.O=C(O)CN(CC(=O)O)CS(=O)(=O)O. The van der Waals surface area contributed by atoms with Gasteiger partial charge in [-0.3, -0.25) is 33.2 Å². The van der Waals surface area contributed by atoms with Crippen LogP contribution in [0.25, 0.3) is 0 Å². The van der Waals surface area contributed by atoms with Crippen molar-refractivity contribution >= 4 is 44.1 Å². The van der Waals surface area contributed by atoms with Crippen LogP contribution >= 0.6 is 0 Å². The molecule has 0 aromatic carbocycles. The average molecular weight is 469 g/mol. The molecule has 0 aliphatic rings. The molecule has 17 heteroatoms. The highest BCUT2D eigenvalue weighted by molar-refractivity contribution is 7.85. The molecule has 0 unspecified atom stereocenters. The largest absolute Gasteiger partial charge is 0.481 e. The lowest BCUT2D eigenvalue weighted by Gasteiger charge is -2.15. The molecule has 29 heavy (non-hydrogen) atoms. The van der Waals surface area contributed by atoms with Crippen LogP contribution < -0.4 is 0 Å². The molecule has 0 bridgehead atoms. The van der Waals surface area contributed by atoms with E-state index in [0.29, 0.717) is 4.90 Å². The van der Waals surface area contributed by atoms with Crippen molar-refractivity contribution < 1.29 is 65.5 Å². The van der Waals surface area contributed by atoms with Gasteiger partial charge in [0.1, 0.15) is 5.88 Å². The monoisotopic (exact) mass is 469 g/mol. The predicted molar refractivity (Wildman–Crippen MR) is 94.5 cm³/mol. The Bertz CT molecular complexity index is 713. The summed E-state index contributed by atoms with van der Waals surface area (Å²) >= 11 is 0. The van der Waals surface area contributed by atoms with Gasteiger partial charge in [0, 0.05) is 12.8 Å². The first-order valence-corrected chi connectivity index (χ1v) is 10.6. The summed E-state index contributed by atoms with van der Waals surface area (Å²) in [4.78, 5) is 40.5. The molecule has 0 aliphatic carbocycles. The van der Waals surface area contributed by atoms with Crippen molar-refractivity contribution in [3.63, 3.8) is 0 Å². The highest BCUT2D eigenvalue weighted by Gasteiger charge is 2.18. The van der Waals surface area contributed by atoms with E-state index >= 15 is 0 Å². The third-order valence-electron chi connectivity index (χ3n) is 2.21. The Hall–Kier alpha value is -2.34. The van der Waals surface area contributed by atoms with E-state index in [2.05, 4.69) is 0 Å². The normalized spacial score (nSPS) is 10.8. The number of aliphatic carboxylic acids is 4. The second kappa shape index (κ2) is 15.6. The zero-order chi connectivity index (χ0) is 23.8. The van der Waals surface area contributed by atoms with Gasteiger partial charge in [-0.2, -0.15) is 16.8 Å². The fraction of sp³-hybridized carbons (Fsp3) is 0.667. The van der Waals surface area contributed by atoms with E-state index in [0.717, 1.165) is 0 Å². The summed E-state index contributed by atoms with van der Waals surface area (Å²) in [6, 6.07) is 0. The summed E-state index contributed by atoms with van der Waals surface area (Å²) in [5.41, 5.74) is 0. The molecule has 0 aliphatic heterocycles. The zero-order valence-electron chi connectivity index (χ0n) is 15.2. The summed E-state index contributed by atoms with van der Waals surface area (Å²) in [6.45, 7) is -0.173. The Morgan fingerprint density at radius 3 is 1.17 bits per heavy atom. The summed E-state index contributed by atoms with van der Waals surface area (Å²) in [5, 5.41) is 32.6. The molecular weight excluding hydrogens is 446 g/mol. The van der Waals surface area contributed by atoms with Gasteiger partial charge >= 0.3 is 23.9 Å². The van der Waals surface area contributed by atoms with Gasteiger partial charge in [0.2, 0.25) is 0 Å². The maximum absolute atomic E-state index is 10.3. The van der Waals surface area contributed by atoms with E-state index in [9.17, 15) is 36.0 Å². The third-order valence-corrected chi connectivity index (χ3v) is 3.63. The average Bonchev–Trinajstić information content (AvgIpc) is 2.43. The Morgan fingerprint density at radius 2 is 1.00 bits per heavy atom. The summed E-state index contributed by atoms with van der Waals surface area (Å²) < 4.78 is 55.9. The van der Waals surface area contributed by atoms with E-state index < -0.39 is 63.1 Å². The van der Waals surface area contributed by atoms with Gasteiger partial charge in [0.05, 0.1) is 18.8 Å². The second-order valence-corrected chi connectivity index (χ2v) is 8.16. The molecule has 0 amide bonds. The lowest BCUT2D eigenvalue weighted by molar-refractivity contribution is -0.142. The third kappa shape index (κ3) is 37.2. The van der Waals surface area contributed by atoms with Crippen LogP contribution in [0.2, 0.25) is 0 Å². The van der Waals surface area contributed by atoms with Crippen molar-refractivity contribution in [2.45, 2.75) is 26.2 Å². The maximum Gasteiger partial charge on any atom is 0.317 e. The molecular formula is C12H23NO14S2. The van der Waals surface area contributed by atoms with Crippen molar-refractivity contribution in [1.29, 1.82) is 0 Å². The number of carbonyl (C=O) groups is 4. The van der Waals surface area contributed by atoms with E-state index in [4.69, 9.17) is 29.5 Å². The number of hydrogen-bond acceptors (Lipinski definition) is 9. The van der Waals surface area contributed by atoms with Crippen LogP contribution in [-0.4, -0.2) is 99.9 Å². The molecule has 0 spiro atoms. The van der Waals surface area contributed by atoms with Crippen molar-refractivity contribution in [2.24, 2.45) is 0 Å². The van der Waals surface area contributed by atoms with Crippen LogP contribution in [0.1, 0.15) is 26.2 Å². The fourth-order valence-corrected chi connectivity index (χ4v) is 1.80. The van der Waals surface area contributed by atoms with E-state index in [1.165, 1.54) is 6.92 Å². The molecule has 0 fully saturated rings. The van der Waals surface area contributed by atoms with Crippen molar-refractivity contribution in [1.82, 2.24) is 4.90 Å². The predicted octanol–water partition coefficient (Wildman–Crippen LogP) is -1.48. The summed E-state index contributed by atoms with van der Waals surface area (Å²) in [5.74, 6) is -5.88. The molecule has 6 N–H and O–H groups in total. The van der Waals surface area contributed by atoms with Gasteiger partial charge < -0.3 is 20.4 Å². The quantitative estimate of drug-likeness (QED) is 0.188. The van der Waals surface area contributed by atoms with Crippen LogP contribution in [0.3, 0.4) is 0 Å². The van der Waals surface area contributed by atoms with Crippen LogP contribution in [-0.2, 0) is 39.4 Å². The van der Waals surface area contributed by atoms with Crippen LogP contribution in [0.15, 0.2) is 0 Å². The molecule has 172 valence electrons. The standard InChI is InChI=1S/C5H9NO7S.C5H8O4.C2H6O3S/c7-4(8)1-6(2-5(9)10)3-14(11,12)13;6-4(7)2-1-3-5(8)9;1-2-6(3,4)5/h1-3H2,(H,7,8)(H,9,10)(H,11,12,13);1-3H2,(H,6,7)(H,8,9);2H2,1H3,(H,3,4,5). The number of nitrogens with zero attached hydrogens (tertiary/aromatic N) is 1. The molecule has 0 atom stereocenters. The fourth-order valence-electron chi connectivity index (χ4n) is 1.15. The van der Waals surface area contributed by atoms with E-state index in [1.54, 1.807) is 0 Å². The molecule has 0 aromatic rings. The van der Waals surface area contributed by atoms with Gasteiger partial charge in [-0.05, 0) is 13.3 Å². The number of carboxylic acid groups (broad SMARTS) is 4. The van der Waals surface area contributed by atoms with Gasteiger partial charge in [0.25, 0.3) is 20.2 Å². The van der Waals surface area contributed by atoms with Gasteiger partial charge in [-0.25, -0.2) is 0 Å². The minimum Gasteiger partial charge on any atom is -0.481 e. The first-order chi connectivity index (χ1) is 12.9. The summed E-state index contributed by atoms with van der Waals surface area (Å²) in [7, 11) is -8.08. The lowest BCUT2D eigenvalue weighted by atomic mass is 10.2. The Balaban J connectivity index is -0.000000386. The van der Waals surface area contributed by atoms with E-state index in [1.807, 2.05) is 0 Å². The van der Waals surface area contributed by atoms with Crippen LogP contribution in [0.5, 0.6) is 0 Å². The Labute approximate surface area is 166 Å². The van der Waals surface area contributed by atoms with Crippen molar-refractivity contribution in [3.8, 4) is 0 Å². The molecule has 0 radical (unpaired) electrons. The minimum absolute atomic E-state index is 0.0632. The topological polar surface area (TPSA) is 261 Å². The van der Waals surface area contributed by atoms with E-state index in [-0.39, 0.29) is 25.0 Å². The van der Waals surface area contributed by atoms with Gasteiger partial charge in [0.15, 0.2) is 0 Å². The lowest BCUT2D eigenvalue weighted by Crippen LogP contribution is -2.38.